The van der Waals surface area contributed by atoms with Crippen molar-refractivity contribution < 1.29 is 14.7 Å². The number of amides is 2. The number of phenols is 1. The summed E-state index contributed by atoms with van der Waals surface area (Å²) in [7, 11) is 0. The minimum Gasteiger partial charge on any atom is -0.507 e. The Bertz CT molecular complexity index is 1170. The van der Waals surface area contributed by atoms with Gasteiger partial charge in [0.25, 0.3) is 11.5 Å². The number of carbonyl (C=O) groups excluding carboxylic acids is 2. The summed E-state index contributed by atoms with van der Waals surface area (Å²) >= 11 is 0.940. The van der Waals surface area contributed by atoms with Crippen molar-refractivity contribution in [3.63, 3.8) is 0 Å². The summed E-state index contributed by atoms with van der Waals surface area (Å²) in [5.74, 6) is -1.21. The lowest BCUT2D eigenvalue weighted by Gasteiger charge is -1.99. The van der Waals surface area contributed by atoms with Crippen molar-refractivity contribution in [3.05, 3.63) is 67.4 Å². The van der Waals surface area contributed by atoms with Crippen molar-refractivity contribution in [1.29, 1.82) is 0 Å². The van der Waals surface area contributed by atoms with Crippen LogP contribution in [0.25, 0.3) is 0 Å². The zero-order valence-electron chi connectivity index (χ0n) is 14.5. The highest BCUT2D eigenvalue weighted by atomic mass is 32.1. The van der Waals surface area contributed by atoms with E-state index in [2.05, 4.69) is 31.0 Å². The maximum atomic E-state index is 12.0. The van der Waals surface area contributed by atoms with Crippen molar-refractivity contribution in [2.75, 3.05) is 5.32 Å². The molecule has 0 spiro atoms. The number of nitrogens with one attached hydrogen (secondary N) is 4. The van der Waals surface area contributed by atoms with E-state index in [1.54, 1.807) is 18.2 Å². The normalized spacial score (nSPS) is 10.8. The predicted octanol–water partition coefficient (Wildman–Crippen LogP) is -0.435. The van der Waals surface area contributed by atoms with Crippen molar-refractivity contribution in [2.24, 2.45) is 5.10 Å². The fourth-order valence-corrected chi connectivity index (χ4v) is 2.81. The van der Waals surface area contributed by atoms with Gasteiger partial charge in [-0.05, 0) is 12.1 Å². The molecule has 0 aliphatic rings. The number of hydrogen-bond donors (Lipinski definition) is 5. The lowest BCUT2D eigenvalue weighted by molar-refractivity contribution is -0.120. The molecule has 0 radical (unpaired) electrons. The lowest BCUT2D eigenvalue weighted by atomic mass is 10.2. The number of benzene rings is 1. The Morgan fingerprint density at radius 1 is 1.21 bits per heavy atom. The molecule has 13 heteroatoms. The molecule has 0 bridgehead atoms. The number of H-pyrrole nitrogens is 2. The van der Waals surface area contributed by atoms with Crippen LogP contribution in [0.5, 0.6) is 5.75 Å². The summed E-state index contributed by atoms with van der Waals surface area (Å²) in [5.41, 5.74) is 0.939. The molecule has 29 heavy (non-hydrogen) atoms. The van der Waals surface area contributed by atoms with Crippen molar-refractivity contribution in [2.45, 2.75) is 6.42 Å². The van der Waals surface area contributed by atoms with E-state index < -0.39 is 23.1 Å². The van der Waals surface area contributed by atoms with Crippen LogP contribution in [0, 0.1) is 0 Å². The number of aromatic amines is 2. The second-order valence-corrected chi connectivity index (χ2v) is 6.55. The molecule has 0 aliphatic heterocycles. The molecular weight excluding hydrogens is 402 g/mol. The lowest BCUT2D eigenvalue weighted by Crippen LogP contribution is -2.27. The molecule has 0 saturated heterocycles. The Morgan fingerprint density at radius 3 is 2.76 bits per heavy atom. The van der Waals surface area contributed by atoms with Crippen LogP contribution in [-0.2, 0) is 11.2 Å². The number of carbonyl (C=O) groups is 2. The number of aromatic hydroxyl groups is 1. The predicted molar refractivity (Wildman–Crippen MR) is 103 cm³/mol. The average Bonchev–Trinajstić information content (AvgIpc) is 3.09. The molecule has 2 amide bonds. The van der Waals surface area contributed by atoms with Gasteiger partial charge in [-0.2, -0.15) is 5.10 Å². The Labute approximate surface area is 165 Å². The van der Waals surface area contributed by atoms with Gasteiger partial charge in [-0.1, -0.05) is 23.5 Å². The smallest absolute Gasteiger partial charge is 0.326 e. The maximum absolute atomic E-state index is 12.0. The first kappa shape index (κ1) is 19.6. The SMILES string of the molecule is O=C(Cc1nnc(NC(=O)c2cc(=O)[nH]c(=O)[nH]2)s1)N/N=C\c1ccccc1O. The largest absolute Gasteiger partial charge is 0.507 e. The monoisotopic (exact) mass is 415 g/mol. The van der Waals surface area contributed by atoms with E-state index >= 15 is 0 Å². The Kier molecular flexibility index (Phi) is 5.89. The third-order valence-corrected chi connectivity index (χ3v) is 4.17. The number of rotatable bonds is 6. The number of hydrogen-bond acceptors (Lipinski definition) is 9. The van der Waals surface area contributed by atoms with Gasteiger partial charge in [-0.25, -0.2) is 10.2 Å². The molecular formula is C16H13N7O5S. The number of phenolic OH excluding ortho intramolecular Hbond substituents is 1. The molecule has 0 saturated carbocycles. The molecule has 0 fully saturated rings. The summed E-state index contributed by atoms with van der Waals surface area (Å²) < 4.78 is 0. The average molecular weight is 415 g/mol. The molecule has 148 valence electrons. The minimum atomic E-state index is -0.818. The third-order valence-electron chi connectivity index (χ3n) is 3.33. The zero-order chi connectivity index (χ0) is 20.8. The Morgan fingerprint density at radius 2 is 2.00 bits per heavy atom. The fourth-order valence-electron chi connectivity index (χ4n) is 2.08. The van der Waals surface area contributed by atoms with Crippen LogP contribution in [0.4, 0.5) is 5.13 Å². The zero-order valence-corrected chi connectivity index (χ0v) is 15.3. The standard InChI is InChI=1S/C16H13N7O5S/c24-10-4-2-1-3-8(10)7-17-21-12(26)6-13-22-23-16(29-13)20-14(27)9-5-11(25)19-15(28)18-9/h1-5,7,24H,6H2,(H,21,26)(H,20,23,27)(H2,18,19,25,28)/b17-7-. The number of nitrogens with zero attached hydrogens (tertiary/aromatic N) is 3. The van der Waals surface area contributed by atoms with Crippen LogP contribution in [-0.4, -0.2) is 43.3 Å². The first-order chi connectivity index (χ1) is 13.9. The molecule has 0 atom stereocenters. The van der Waals surface area contributed by atoms with Gasteiger partial charge in [0.1, 0.15) is 16.5 Å². The van der Waals surface area contributed by atoms with Crippen molar-refractivity contribution in [3.8, 4) is 5.75 Å². The molecule has 2 aromatic heterocycles. The fraction of sp³-hybridized carbons (Fsp3) is 0.0625. The summed E-state index contributed by atoms with van der Waals surface area (Å²) in [6.45, 7) is 0. The number of para-hydroxylation sites is 1. The molecule has 12 nitrogen and oxygen atoms in total. The van der Waals surface area contributed by atoms with Crippen molar-refractivity contribution in [1.82, 2.24) is 25.6 Å². The first-order valence-corrected chi connectivity index (χ1v) is 8.79. The summed E-state index contributed by atoms with van der Waals surface area (Å²) in [4.78, 5) is 50.5. The third kappa shape index (κ3) is 5.43. The van der Waals surface area contributed by atoms with E-state index in [0.29, 0.717) is 10.6 Å². The molecule has 5 N–H and O–H groups in total. The van der Waals surface area contributed by atoms with Gasteiger partial charge in [-0.15, -0.1) is 10.2 Å². The van der Waals surface area contributed by atoms with Gasteiger partial charge >= 0.3 is 5.69 Å². The number of aromatic nitrogens is 4. The number of anilines is 1. The highest BCUT2D eigenvalue weighted by molar-refractivity contribution is 7.15. The first-order valence-electron chi connectivity index (χ1n) is 7.98. The summed E-state index contributed by atoms with van der Waals surface area (Å²) in [6, 6.07) is 7.40. The van der Waals surface area contributed by atoms with E-state index in [1.807, 2.05) is 4.98 Å². The van der Waals surface area contributed by atoms with Gasteiger partial charge in [0.15, 0.2) is 0 Å². The molecule has 2 heterocycles. The molecule has 3 rings (SSSR count). The van der Waals surface area contributed by atoms with Gasteiger partial charge < -0.3 is 10.1 Å². The van der Waals surface area contributed by atoms with E-state index in [0.717, 1.165) is 17.4 Å². The second kappa shape index (κ2) is 8.71. The Hall–Kier alpha value is -4.13. The van der Waals surface area contributed by atoms with Gasteiger partial charge in [0.05, 0.1) is 12.6 Å². The van der Waals surface area contributed by atoms with E-state index in [-0.39, 0.29) is 23.0 Å². The summed E-state index contributed by atoms with van der Waals surface area (Å²) in [5, 5.41) is 23.6. The topological polar surface area (TPSA) is 182 Å². The number of hydrazone groups is 1. The van der Waals surface area contributed by atoms with Gasteiger partial charge in [0.2, 0.25) is 11.0 Å². The van der Waals surface area contributed by atoms with E-state index in [1.165, 1.54) is 12.3 Å². The molecule has 1 aromatic carbocycles. The highest BCUT2D eigenvalue weighted by Crippen LogP contribution is 2.16. The van der Waals surface area contributed by atoms with Crippen LogP contribution in [0.2, 0.25) is 0 Å². The van der Waals surface area contributed by atoms with Crippen LogP contribution in [0.3, 0.4) is 0 Å². The van der Waals surface area contributed by atoms with Crippen LogP contribution < -0.4 is 22.0 Å². The van der Waals surface area contributed by atoms with Crippen LogP contribution >= 0.6 is 11.3 Å². The second-order valence-electron chi connectivity index (χ2n) is 5.49. The van der Waals surface area contributed by atoms with Gasteiger partial charge in [0, 0.05) is 11.6 Å². The minimum absolute atomic E-state index is 0.0248. The molecule has 0 aliphatic carbocycles. The Balaban J connectivity index is 1.56. The maximum Gasteiger partial charge on any atom is 0.326 e. The van der Waals surface area contributed by atoms with E-state index in [4.69, 9.17) is 0 Å². The van der Waals surface area contributed by atoms with Gasteiger partial charge in [-0.3, -0.25) is 24.7 Å². The highest BCUT2D eigenvalue weighted by Gasteiger charge is 2.13. The molecule has 0 unspecified atom stereocenters. The van der Waals surface area contributed by atoms with Crippen LogP contribution in [0.1, 0.15) is 21.1 Å². The van der Waals surface area contributed by atoms with Crippen LogP contribution in [0.15, 0.2) is 45.0 Å². The van der Waals surface area contributed by atoms with E-state index in [9.17, 15) is 24.3 Å². The molecule has 3 aromatic rings. The quantitative estimate of drug-likeness (QED) is 0.267. The van der Waals surface area contributed by atoms with Crippen molar-refractivity contribution >= 4 is 34.5 Å². The summed E-state index contributed by atoms with van der Waals surface area (Å²) in [6.07, 6.45) is 1.15.